The van der Waals surface area contributed by atoms with E-state index in [-0.39, 0.29) is 18.2 Å². The van der Waals surface area contributed by atoms with Crippen molar-refractivity contribution in [2.24, 2.45) is 0 Å². The molecule has 16 heavy (non-hydrogen) atoms. The summed E-state index contributed by atoms with van der Waals surface area (Å²) in [6.45, 7) is 5.65. The van der Waals surface area contributed by atoms with E-state index in [1.165, 1.54) is 0 Å². The predicted molar refractivity (Wildman–Crippen MR) is 63.7 cm³/mol. The number of morpholine rings is 1. The molecule has 2 heterocycles. The summed E-state index contributed by atoms with van der Waals surface area (Å²) in [7, 11) is 0. The van der Waals surface area contributed by atoms with Gasteiger partial charge in [-0.15, -0.1) is 0 Å². The van der Waals surface area contributed by atoms with Gasteiger partial charge in [-0.2, -0.15) is 4.98 Å². The van der Waals surface area contributed by atoms with Gasteiger partial charge in [0.2, 0.25) is 5.95 Å². The van der Waals surface area contributed by atoms with Crippen LogP contribution in [-0.2, 0) is 4.74 Å². The molecule has 0 unspecified atom stereocenters. The predicted octanol–water partition coefficient (Wildman–Crippen LogP) is 1.33. The van der Waals surface area contributed by atoms with Gasteiger partial charge in [0, 0.05) is 19.2 Å². The second-order valence-electron chi connectivity index (χ2n) is 4.07. The smallest absolute Gasteiger partial charge is 0.223 e. The summed E-state index contributed by atoms with van der Waals surface area (Å²) in [4.78, 5) is 10.1. The van der Waals surface area contributed by atoms with Gasteiger partial charge in [0.05, 0.1) is 12.2 Å². The third-order valence-corrected chi connectivity index (χ3v) is 2.64. The van der Waals surface area contributed by atoms with Crippen molar-refractivity contribution in [3.63, 3.8) is 0 Å². The molecule has 1 aliphatic rings. The van der Waals surface area contributed by atoms with Crippen LogP contribution in [0, 0.1) is 0 Å². The largest absolute Gasteiger partial charge is 0.372 e. The summed E-state index contributed by atoms with van der Waals surface area (Å²) in [5.74, 6) is 0.966. The van der Waals surface area contributed by atoms with Crippen molar-refractivity contribution in [3.8, 4) is 0 Å². The van der Waals surface area contributed by atoms with Crippen LogP contribution in [0.25, 0.3) is 0 Å². The first kappa shape index (κ1) is 11.4. The van der Waals surface area contributed by atoms with Gasteiger partial charge in [0.15, 0.2) is 0 Å². The highest BCUT2D eigenvalue weighted by Crippen LogP contribution is 2.21. The Kier molecular flexibility index (Phi) is 3.16. The molecule has 2 atom stereocenters. The molecule has 1 saturated heterocycles. The quantitative estimate of drug-likeness (QED) is 0.753. The summed E-state index contributed by atoms with van der Waals surface area (Å²) in [6.07, 6.45) is 0.359. The first-order valence-corrected chi connectivity index (χ1v) is 5.63. The number of ether oxygens (including phenoxy) is 1. The highest BCUT2D eigenvalue weighted by molar-refractivity contribution is 6.29. The van der Waals surface area contributed by atoms with Gasteiger partial charge in [-0.3, -0.25) is 0 Å². The van der Waals surface area contributed by atoms with Gasteiger partial charge in [-0.1, -0.05) is 11.6 Å². The third kappa shape index (κ3) is 2.54. The fourth-order valence-electron chi connectivity index (χ4n) is 1.95. The number of hydrogen-bond donors (Lipinski definition) is 1. The lowest BCUT2D eigenvalue weighted by Crippen LogP contribution is -2.45. The Bertz CT molecular complexity index is 357. The third-order valence-electron chi connectivity index (χ3n) is 2.44. The summed E-state index contributed by atoms with van der Waals surface area (Å²) in [5, 5.41) is 0.370. The van der Waals surface area contributed by atoms with E-state index in [4.69, 9.17) is 22.1 Å². The van der Waals surface area contributed by atoms with Crippen LogP contribution in [0.3, 0.4) is 0 Å². The normalized spacial score (nSPS) is 25.8. The summed E-state index contributed by atoms with van der Waals surface area (Å²) in [5.41, 5.74) is 5.57. The summed E-state index contributed by atoms with van der Waals surface area (Å²) >= 11 is 5.85. The zero-order valence-electron chi connectivity index (χ0n) is 9.35. The molecule has 0 saturated carbocycles. The first-order chi connectivity index (χ1) is 7.54. The van der Waals surface area contributed by atoms with Crippen molar-refractivity contribution in [2.75, 3.05) is 23.7 Å². The zero-order chi connectivity index (χ0) is 11.7. The molecule has 0 aliphatic carbocycles. The average molecular weight is 243 g/mol. The number of nitrogens with zero attached hydrogens (tertiary/aromatic N) is 3. The Morgan fingerprint density at radius 1 is 1.38 bits per heavy atom. The number of rotatable bonds is 1. The monoisotopic (exact) mass is 242 g/mol. The highest BCUT2D eigenvalue weighted by atomic mass is 35.5. The Balaban J connectivity index is 2.22. The fourth-order valence-corrected chi connectivity index (χ4v) is 2.13. The van der Waals surface area contributed by atoms with E-state index in [1.54, 1.807) is 6.07 Å². The van der Waals surface area contributed by atoms with Crippen LogP contribution in [0.2, 0.25) is 5.15 Å². The topological polar surface area (TPSA) is 64.3 Å². The fraction of sp³-hybridized carbons (Fsp3) is 0.600. The molecule has 1 aliphatic heterocycles. The minimum Gasteiger partial charge on any atom is -0.372 e. The molecular weight excluding hydrogens is 228 g/mol. The maximum absolute atomic E-state index is 5.85. The molecular formula is C10H15ClN4O. The van der Waals surface area contributed by atoms with Crippen molar-refractivity contribution in [1.29, 1.82) is 0 Å². The molecule has 1 aromatic heterocycles. The number of hydrogen-bond acceptors (Lipinski definition) is 5. The molecule has 1 aromatic rings. The van der Waals surface area contributed by atoms with Crippen LogP contribution < -0.4 is 10.6 Å². The Morgan fingerprint density at radius 3 is 2.56 bits per heavy atom. The van der Waals surface area contributed by atoms with E-state index in [0.717, 1.165) is 18.9 Å². The van der Waals surface area contributed by atoms with Crippen molar-refractivity contribution in [1.82, 2.24) is 9.97 Å². The molecule has 0 aromatic carbocycles. The maximum atomic E-state index is 5.85. The van der Waals surface area contributed by atoms with E-state index < -0.39 is 0 Å². The molecule has 0 radical (unpaired) electrons. The van der Waals surface area contributed by atoms with Crippen LogP contribution >= 0.6 is 11.6 Å². The van der Waals surface area contributed by atoms with E-state index in [1.807, 2.05) is 13.8 Å². The molecule has 0 amide bonds. The molecule has 5 nitrogen and oxygen atoms in total. The molecule has 88 valence electrons. The van der Waals surface area contributed by atoms with E-state index in [2.05, 4.69) is 14.9 Å². The first-order valence-electron chi connectivity index (χ1n) is 5.25. The molecule has 1 fully saturated rings. The second kappa shape index (κ2) is 4.43. The standard InChI is InChI=1S/C10H15ClN4O/c1-6-4-15(5-7(2)16-6)9-3-8(11)13-10(12)14-9/h3,6-7H,4-5H2,1-2H3,(H2,12,13,14)/t6-,7-/m1/s1. The van der Waals surface area contributed by atoms with Crippen molar-refractivity contribution in [2.45, 2.75) is 26.1 Å². The second-order valence-corrected chi connectivity index (χ2v) is 4.46. The van der Waals surface area contributed by atoms with Crippen LogP contribution in [0.1, 0.15) is 13.8 Å². The number of aromatic nitrogens is 2. The van der Waals surface area contributed by atoms with Gasteiger partial charge in [-0.05, 0) is 13.8 Å². The summed E-state index contributed by atoms with van der Waals surface area (Å²) < 4.78 is 5.65. The lowest BCUT2D eigenvalue weighted by molar-refractivity contribution is -0.00545. The van der Waals surface area contributed by atoms with Gasteiger partial charge in [0.1, 0.15) is 11.0 Å². The number of anilines is 2. The highest BCUT2D eigenvalue weighted by Gasteiger charge is 2.23. The summed E-state index contributed by atoms with van der Waals surface area (Å²) in [6, 6.07) is 1.72. The zero-order valence-corrected chi connectivity index (χ0v) is 10.1. The van der Waals surface area contributed by atoms with Gasteiger partial charge < -0.3 is 15.4 Å². The SMILES string of the molecule is C[C@@H]1CN(c2cc(Cl)nc(N)n2)C[C@@H](C)O1. The lowest BCUT2D eigenvalue weighted by atomic mass is 10.2. The maximum Gasteiger partial charge on any atom is 0.223 e. The number of nitrogen functional groups attached to an aromatic ring is 1. The van der Waals surface area contributed by atoms with Crippen LogP contribution in [0.4, 0.5) is 11.8 Å². The average Bonchev–Trinajstić information content (AvgIpc) is 2.14. The van der Waals surface area contributed by atoms with Crippen molar-refractivity contribution < 1.29 is 4.74 Å². The minimum absolute atomic E-state index is 0.179. The van der Waals surface area contributed by atoms with E-state index in [0.29, 0.717) is 5.15 Å². The Hall–Kier alpha value is -1.07. The van der Waals surface area contributed by atoms with Gasteiger partial charge in [0.25, 0.3) is 0 Å². The molecule has 2 N–H and O–H groups in total. The van der Waals surface area contributed by atoms with Crippen molar-refractivity contribution >= 4 is 23.4 Å². The molecule has 0 spiro atoms. The van der Waals surface area contributed by atoms with E-state index >= 15 is 0 Å². The van der Waals surface area contributed by atoms with E-state index in [9.17, 15) is 0 Å². The van der Waals surface area contributed by atoms with Gasteiger partial charge >= 0.3 is 0 Å². The van der Waals surface area contributed by atoms with Crippen LogP contribution in [-0.4, -0.2) is 35.3 Å². The molecule has 6 heteroatoms. The minimum atomic E-state index is 0.179. The Morgan fingerprint density at radius 2 is 2.00 bits per heavy atom. The van der Waals surface area contributed by atoms with Crippen molar-refractivity contribution in [3.05, 3.63) is 11.2 Å². The molecule has 2 rings (SSSR count). The number of halogens is 1. The van der Waals surface area contributed by atoms with Crippen LogP contribution in [0.5, 0.6) is 0 Å². The van der Waals surface area contributed by atoms with Gasteiger partial charge in [-0.25, -0.2) is 4.98 Å². The van der Waals surface area contributed by atoms with Crippen LogP contribution in [0.15, 0.2) is 6.07 Å². The number of nitrogens with two attached hydrogens (primary N) is 1. The molecule has 0 bridgehead atoms. The Labute approximate surface area is 99.6 Å². The lowest BCUT2D eigenvalue weighted by Gasteiger charge is -2.36.